The topological polar surface area (TPSA) is 0 Å². The second-order valence-corrected chi connectivity index (χ2v) is 5.41. The van der Waals surface area contributed by atoms with E-state index in [9.17, 15) is 0 Å². The van der Waals surface area contributed by atoms with Gasteiger partial charge < -0.3 is 0 Å². The van der Waals surface area contributed by atoms with Gasteiger partial charge in [-0.05, 0) is 30.1 Å². The molecule has 1 saturated carbocycles. The van der Waals surface area contributed by atoms with Crippen molar-refractivity contribution in [3.8, 4) is 0 Å². The van der Waals surface area contributed by atoms with Crippen LogP contribution in [0.1, 0.15) is 66.2 Å². The number of hydrogen-bond acceptors (Lipinski definition) is 0. The summed E-state index contributed by atoms with van der Waals surface area (Å²) in [5, 5.41) is 0. The first kappa shape index (κ1) is 12.1. The van der Waals surface area contributed by atoms with Gasteiger partial charge in [-0.3, -0.25) is 0 Å². The minimum absolute atomic E-state index is 0.945. The van der Waals surface area contributed by atoms with E-state index in [1.54, 1.807) is 0 Å². The maximum absolute atomic E-state index is 2.47. The van der Waals surface area contributed by atoms with Crippen LogP contribution in [0.3, 0.4) is 0 Å². The van der Waals surface area contributed by atoms with Gasteiger partial charge in [0.05, 0.1) is 0 Å². The van der Waals surface area contributed by atoms with Crippen LogP contribution >= 0.6 is 0 Å². The van der Waals surface area contributed by atoms with Gasteiger partial charge in [-0.25, -0.2) is 0 Å². The van der Waals surface area contributed by atoms with Crippen LogP contribution in [0, 0.1) is 23.7 Å². The van der Waals surface area contributed by atoms with Crippen LogP contribution in [0.4, 0.5) is 0 Å². The SMILES string of the molecule is CCCC(C(C)CC)C1CCCC1C. The van der Waals surface area contributed by atoms with E-state index < -0.39 is 0 Å². The van der Waals surface area contributed by atoms with Crippen molar-refractivity contribution in [1.82, 2.24) is 0 Å². The van der Waals surface area contributed by atoms with Crippen LogP contribution in [0.25, 0.3) is 0 Å². The number of rotatable bonds is 5. The largest absolute Gasteiger partial charge is 0.0654 e. The van der Waals surface area contributed by atoms with Gasteiger partial charge in [0.25, 0.3) is 0 Å². The van der Waals surface area contributed by atoms with Crippen molar-refractivity contribution in [1.29, 1.82) is 0 Å². The van der Waals surface area contributed by atoms with Gasteiger partial charge in [0.1, 0.15) is 0 Å². The lowest BCUT2D eigenvalue weighted by Gasteiger charge is -2.31. The van der Waals surface area contributed by atoms with Gasteiger partial charge in [-0.2, -0.15) is 0 Å². The van der Waals surface area contributed by atoms with Crippen LogP contribution in [0.5, 0.6) is 0 Å². The molecular formula is C14H28. The van der Waals surface area contributed by atoms with Crippen LogP contribution in [-0.4, -0.2) is 0 Å². The lowest BCUT2D eigenvalue weighted by molar-refractivity contribution is 0.183. The summed E-state index contributed by atoms with van der Waals surface area (Å²) in [6.45, 7) is 9.63. The second kappa shape index (κ2) is 5.78. The number of hydrogen-bond donors (Lipinski definition) is 0. The Kier molecular flexibility index (Phi) is 4.98. The summed E-state index contributed by atoms with van der Waals surface area (Å²) in [6.07, 6.45) is 8.69. The maximum Gasteiger partial charge on any atom is -0.0358 e. The summed E-state index contributed by atoms with van der Waals surface area (Å²) in [7, 11) is 0. The summed E-state index contributed by atoms with van der Waals surface area (Å²) in [4.78, 5) is 0. The first-order valence-corrected chi connectivity index (χ1v) is 6.70. The fourth-order valence-corrected chi connectivity index (χ4v) is 3.37. The Morgan fingerprint density at radius 2 is 1.93 bits per heavy atom. The Bertz CT molecular complexity index is 150. The highest BCUT2D eigenvalue weighted by Gasteiger charge is 2.32. The zero-order valence-corrected chi connectivity index (χ0v) is 10.6. The molecule has 1 fully saturated rings. The Labute approximate surface area is 90.5 Å². The molecule has 84 valence electrons. The average molecular weight is 196 g/mol. The molecular weight excluding hydrogens is 168 g/mol. The van der Waals surface area contributed by atoms with E-state index in [1.165, 1.54) is 38.5 Å². The third-order valence-electron chi connectivity index (χ3n) is 4.47. The third kappa shape index (κ3) is 2.74. The van der Waals surface area contributed by atoms with Crippen molar-refractivity contribution in [3.05, 3.63) is 0 Å². The van der Waals surface area contributed by atoms with E-state index in [4.69, 9.17) is 0 Å². The van der Waals surface area contributed by atoms with Gasteiger partial charge in [0.15, 0.2) is 0 Å². The Morgan fingerprint density at radius 3 is 2.36 bits per heavy atom. The van der Waals surface area contributed by atoms with Crippen LogP contribution in [0.15, 0.2) is 0 Å². The molecule has 0 aromatic heterocycles. The molecule has 1 aliphatic carbocycles. The Hall–Kier alpha value is 0. The fourth-order valence-electron chi connectivity index (χ4n) is 3.37. The van der Waals surface area contributed by atoms with Gasteiger partial charge in [-0.1, -0.05) is 59.8 Å². The summed E-state index contributed by atoms with van der Waals surface area (Å²) in [6, 6.07) is 0. The fraction of sp³-hybridized carbons (Fsp3) is 1.00. The molecule has 1 aliphatic rings. The molecule has 4 atom stereocenters. The molecule has 0 aromatic rings. The first-order valence-electron chi connectivity index (χ1n) is 6.70. The summed E-state index contributed by atoms with van der Waals surface area (Å²) in [5.74, 6) is 4.01. The van der Waals surface area contributed by atoms with Crippen molar-refractivity contribution >= 4 is 0 Å². The molecule has 0 heterocycles. The smallest absolute Gasteiger partial charge is 0.0358 e. The molecule has 4 unspecified atom stereocenters. The average Bonchev–Trinajstić information content (AvgIpc) is 2.60. The first-order chi connectivity index (χ1) is 6.70. The maximum atomic E-state index is 2.47. The highest BCUT2D eigenvalue weighted by molar-refractivity contribution is 4.82. The molecule has 0 heteroatoms. The zero-order chi connectivity index (χ0) is 10.6. The molecule has 0 radical (unpaired) electrons. The predicted molar refractivity (Wildman–Crippen MR) is 64.4 cm³/mol. The van der Waals surface area contributed by atoms with Gasteiger partial charge in [0, 0.05) is 0 Å². The molecule has 0 nitrogen and oxygen atoms in total. The van der Waals surface area contributed by atoms with Crippen molar-refractivity contribution in [2.45, 2.75) is 66.2 Å². The van der Waals surface area contributed by atoms with E-state index >= 15 is 0 Å². The normalized spacial score (nSPS) is 31.7. The van der Waals surface area contributed by atoms with Crippen molar-refractivity contribution in [3.63, 3.8) is 0 Å². The van der Waals surface area contributed by atoms with Crippen molar-refractivity contribution < 1.29 is 0 Å². The molecule has 0 N–H and O–H groups in total. The predicted octanol–water partition coefficient (Wildman–Crippen LogP) is 4.89. The standard InChI is InChI=1S/C14H28/c1-5-8-13(11(3)6-2)14-10-7-9-12(14)4/h11-14H,5-10H2,1-4H3. The van der Waals surface area contributed by atoms with Crippen molar-refractivity contribution in [2.75, 3.05) is 0 Å². The zero-order valence-electron chi connectivity index (χ0n) is 10.6. The molecule has 1 rings (SSSR count). The van der Waals surface area contributed by atoms with Crippen LogP contribution in [0.2, 0.25) is 0 Å². The summed E-state index contributed by atoms with van der Waals surface area (Å²) in [5.41, 5.74) is 0. The van der Waals surface area contributed by atoms with Crippen LogP contribution < -0.4 is 0 Å². The van der Waals surface area contributed by atoms with E-state index in [2.05, 4.69) is 27.7 Å². The molecule has 0 saturated heterocycles. The van der Waals surface area contributed by atoms with Gasteiger partial charge in [0.2, 0.25) is 0 Å². The minimum atomic E-state index is 0.945. The molecule has 0 spiro atoms. The Morgan fingerprint density at radius 1 is 1.21 bits per heavy atom. The van der Waals surface area contributed by atoms with E-state index in [1.807, 2.05) is 0 Å². The highest BCUT2D eigenvalue weighted by Crippen LogP contribution is 2.42. The van der Waals surface area contributed by atoms with E-state index in [0.29, 0.717) is 0 Å². The molecule has 0 aromatic carbocycles. The molecule has 0 bridgehead atoms. The summed E-state index contributed by atoms with van der Waals surface area (Å²) >= 11 is 0. The molecule has 14 heavy (non-hydrogen) atoms. The quantitative estimate of drug-likeness (QED) is 0.587. The molecule has 0 aliphatic heterocycles. The monoisotopic (exact) mass is 196 g/mol. The highest BCUT2D eigenvalue weighted by atomic mass is 14.4. The lowest BCUT2D eigenvalue weighted by atomic mass is 9.74. The lowest BCUT2D eigenvalue weighted by Crippen LogP contribution is -2.23. The van der Waals surface area contributed by atoms with Crippen molar-refractivity contribution in [2.24, 2.45) is 23.7 Å². The second-order valence-electron chi connectivity index (χ2n) is 5.41. The summed E-state index contributed by atoms with van der Waals surface area (Å²) < 4.78 is 0. The third-order valence-corrected chi connectivity index (χ3v) is 4.47. The van der Waals surface area contributed by atoms with E-state index in [0.717, 1.165) is 23.7 Å². The minimum Gasteiger partial charge on any atom is -0.0654 e. The Balaban J connectivity index is 2.56. The van der Waals surface area contributed by atoms with Crippen LogP contribution in [-0.2, 0) is 0 Å². The van der Waals surface area contributed by atoms with Gasteiger partial charge >= 0.3 is 0 Å². The van der Waals surface area contributed by atoms with Gasteiger partial charge in [-0.15, -0.1) is 0 Å². The molecule has 0 amide bonds. The van der Waals surface area contributed by atoms with E-state index in [-0.39, 0.29) is 0 Å².